The number of hydrogen-bond acceptors (Lipinski definition) is 5. The van der Waals surface area contributed by atoms with Crippen molar-refractivity contribution in [3.63, 3.8) is 0 Å². The number of furan rings is 1. The molecule has 0 saturated heterocycles. The van der Waals surface area contributed by atoms with Crippen LogP contribution in [0.2, 0.25) is 4.34 Å². The van der Waals surface area contributed by atoms with E-state index in [9.17, 15) is 13.2 Å². The van der Waals surface area contributed by atoms with Crippen LogP contribution in [0.1, 0.15) is 15.4 Å². The van der Waals surface area contributed by atoms with Gasteiger partial charge in [-0.15, -0.1) is 11.3 Å². The molecule has 0 spiro atoms. The highest BCUT2D eigenvalue weighted by Crippen LogP contribution is 2.25. The second kappa shape index (κ2) is 5.57. The number of sulfonamides is 1. The number of thiophene rings is 1. The van der Waals surface area contributed by atoms with Crippen LogP contribution in [0.4, 0.5) is 0 Å². The fourth-order valence-electron chi connectivity index (χ4n) is 1.47. The third kappa shape index (κ3) is 3.04. The van der Waals surface area contributed by atoms with E-state index in [-0.39, 0.29) is 6.54 Å². The van der Waals surface area contributed by atoms with Crippen molar-refractivity contribution in [2.75, 3.05) is 7.05 Å². The number of halogens is 1. The topological polar surface area (TPSA) is 87.8 Å². The van der Waals surface area contributed by atoms with Gasteiger partial charge in [0.2, 0.25) is 10.9 Å². The molecule has 0 fully saturated rings. The first-order chi connectivity index (χ1) is 9.30. The molecule has 0 aliphatic heterocycles. The Hall–Kier alpha value is -1.35. The first kappa shape index (κ1) is 15.0. The molecule has 2 rings (SSSR count). The minimum Gasteiger partial charge on any atom is -0.475 e. The van der Waals surface area contributed by atoms with Gasteiger partial charge in [0.1, 0.15) is 0 Å². The molecule has 0 bridgehead atoms. The first-order valence-electron chi connectivity index (χ1n) is 5.34. The Morgan fingerprint density at radius 3 is 2.60 bits per heavy atom. The van der Waals surface area contributed by atoms with E-state index >= 15 is 0 Å². The molecule has 2 aromatic rings. The van der Waals surface area contributed by atoms with Gasteiger partial charge in [0.15, 0.2) is 0 Å². The average molecular weight is 336 g/mol. The molecular weight excluding hydrogens is 326 g/mol. The summed E-state index contributed by atoms with van der Waals surface area (Å²) < 4.78 is 30.8. The molecule has 2 heterocycles. The maximum atomic E-state index is 12.2. The zero-order chi connectivity index (χ0) is 14.9. The first-order valence-corrected chi connectivity index (χ1v) is 7.98. The molecule has 9 heteroatoms. The summed E-state index contributed by atoms with van der Waals surface area (Å²) in [6, 6.07) is 5.63. The van der Waals surface area contributed by atoms with Gasteiger partial charge in [-0.2, -0.15) is 4.31 Å². The van der Waals surface area contributed by atoms with E-state index in [1.807, 2.05) is 0 Å². The Bertz CT molecular complexity index is 734. The van der Waals surface area contributed by atoms with Crippen molar-refractivity contribution in [2.45, 2.75) is 11.6 Å². The van der Waals surface area contributed by atoms with Crippen molar-refractivity contribution in [3.05, 3.63) is 39.2 Å². The summed E-state index contributed by atoms with van der Waals surface area (Å²) in [4.78, 5) is 11.5. The molecule has 1 N–H and O–H groups in total. The summed E-state index contributed by atoms with van der Waals surface area (Å²) in [5, 5.41) is 8.32. The fourth-order valence-corrected chi connectivity index (χ4v) is 3.74. The Kier molecular flexibility index (Phi) is 4.19. The molecule has 0 aromatic carbocycles. The number of hydrogen-bond donors (Lipinski definition) is 1. The molecule has 0 radical (unpaired) electrons. The lowest BCUT2D eigenvalue weighted by Crippen LogP contribution is -2.25. The maximum absolute atomic E-state index is 12.2. The van der Waals surface area contributed by atoms with E-state index in [4.69, 9.17) is 21.1 Å². The van der Waals surface area contributed by atoms with Gasteiger partial charge < -0.3 is 9.52 Å². The van der Waals surface area contributed by atoms with Gasteiger partial charge >= 0.3 is 5.97 Å². The van der Waals surface area contributed by atoms with Crippen molar-refractivity contribution >= 4 is 38.9 Å². The van der Waals surface area contributed by atoms with Gasteiger partial charge in [-0.1, -0.05) is 11.6 Å². The third-order valence-electron chi connectivity index (χ3n) is 2.46. The quantitative estimate of drug-likeness (QED) is 0.907. The van der Waals surface area contributed by atoms with Crippen LogP contribution >= 0.6 is 22.9 Å². The Labute approximate surface area is 124 Å². The minimum atomic E-state index is -3.87. The number of carboxylic acids is 1. The molecule has 0 unspecified atom stereocenters. The Morgan fingerprint density at radius 2 is 2.10 bits per heavy atom. The van der Waals surface area contributed by atoms with Crippen molar-refractivity contribution in [1.29, 1.82) is 0 Å². The standard InChI is InChI=1S/C11H10ClNO5S2/c1-13(6-7-2-4-9(12)19-7)20(16,17)10-5-3-8(18-10)11(14)15/h2-5H,6H2,1H3,(H,14,15). The molecule has 0 aliphatic carbocycles. The van der Waals surface area contributed by atoms with Gasteiger partial charge in [-0.3, -0.25) is 0 Å². The molecule has 108 valence electrons. The number of aromatic carboxylic acids is 1. The molecule has 20 heavy (non-hydrogen) atoms. The summed E-state index contributed by atoms with van der Waals surface area (Å²) in [5.41, 5.74) is 0. The van der Waals surface area contributed by atoms with E-state index < -0.39 is 26.8 Å². The maximum Gasteiger partial charge on any atom is 0.371 e. The summed E-state index contributed by atoms with van der Waals surface area (Å²) in [5.74, 6) is -1.74. The van der Waals surface area contributed by atoms with Crippen LogP contribution in [0.3, 0.4) is 0 Å². The predicted molar refractivity (Wildman–Crippen MR) is 73.6 cm³/mol. The highest BCUT2D eigenvalue weighted by atomic mass is 35.5. The van der Waals surface area contributed by atoms with Gasteiger partial charge in [-0.25, -0.2) is 13.2 Å². The van der Waals surface area contributed by atoms with E-state index in [0.29, 0.717) is 4.34 Å². The highest BCUT2D eigenvalue weighted by molar-refractivity contribution is 7.88. The SMILES string of the molecule is CN(Cc1ccc(Cl)s1)S(=O)(=O)c1ccc(C(=O)O)o1. The van der Waals surface area contributed by atoms with E-state index in [1.165, 1.54) is 18.4 Å². The molecule has 6 nitrogen and oxygen atoms in total. The van der Waals surface area contributed by atoms with Crippen LogP contribution in [0.25, 0.3) is 0 Å². The second-order valence-corrected chi connectivity index (χ2v) is 7.67. The van der Waals surface area contributed by atoms with Crippen LogP contribution in [-0.2, 0) is 16.6 Å². The van der Waals surface area contributed by atoms with Crippen molar-refractivity contribution in [1.82, 2.24) is 4.31 Å². The lowest BCUT2D eigenvalue weighted by molar-refractivity contribution is 0.0656. The lowest BCUT2D eigenvalue weighted by Gasteiger charge is -2.14. The van der Waals surface area contributed by atoms with Crippen LogP contribution in [-0.4, -0.2) is 30.8 Å². The van der Waals surface area contributed by atoms with E-state index in [1.54, 1.807) is 12.1 Å². The number of carboxylic acid groups (broad SMARTS) is 1. The largest absolute Gasteiger partial charge is 0.475 e. The molecule has 0 atom stereocenters. The Morgan fingerprint density at radius 1 is 1.40 bits per heavy atom. The Balaban J connectivity index is 2.22. The van der Waals surface area contributed by atoms with Crippen molar-refractivity contribution in [2.24, 2.45) is 0 Å². The normalized spacial score (nSPS) is 11.9. The van der Waals surface area contributed by atoms with Crippen LogP contribution in [0, 0.1) is 0 Å². The number of rotatable bonds is 5. The second-order valence-electron chi connectivity index (χ2n) is 3.89. The number of nitrogens with zero attached hydrogens (tertiary/aromatic N) is 1. The van der Waals surface area contributed by atoms with Crippen LogP contribution < -0.4 is 0 Å². The zero-order valence-electron chi connectivity index (χ0n) is 10.2. The predicted octanol–water partition coefficient (Wildman–Crippen LogP) is 2.51. The smallest absolute Gasteiger partial charge is 0.371 e. The summed E-state index contributed by atoms with van der Waals surface area (Å²) >= 11 is 7.05. The lowest BCUT2D eigenvalue weighted by atomic mass is 10.5. The van der Waals surface area contributed by atoms with Crippen LogP contribution in [0.5, 0.6) is 0 Å². The van der Waals surface area contributed by atoms with Gasteiger partial charge in [0.05, 0.1) is 4.34 Å². The molecule has 0 aliphatic rings. The fraction of sp³-hybridized carbons (Fsp3) is 0.182. The zero-order valence-corrected chi connectivity index (χ0v) is 12.6. The third-order valence-corrected chi connectivity index (χ3v) is 5.36. The molecule has 0 amide bonds. The number of carbonyl (C=O) groups is 1. The van der Waals surface area contributed by atoms with E-state index in [0.717, 1.165) is 21.3 Å². The van der Waals surface area contributed by atoms with Crippen LogP contribution in [0.15, 0.2) is 33.8 Å². The van der Waals surface area contributed by atoms with Gasteiger partial charge in [0.25, 0.3) is 10.0 Å². The molecule has 2 aromatic heterocycles. The molecular formula is C11H10ClNO5S2. The monoisotopic (exact) mass is 335 g/mol. The minimum absolute atomic E-state index is 0.128. The van der Waals surface area contributed by atoms with Gasteiger partial charge in [-0.05, 0) is 24.3 Å². The summed E-state index contributed by atoms with van der Waals surface area (Å²) in [6.07, 6.45) is 0. The highest BCUT2D eigenvalue weighted by Gasteiger charge is 2.26. The van der Waals surface area contributed by atoms with Gasteiger partial charge in [0, 0.05) is 18.5 Å². The molecule has 0 saturated carbocycles. The van der Waals surface area contributed by atoms with E-state index in [2.05, 4.69) is 0 Å². The summed E-state index contributed by atoms with van der Waals surface area (Å²) in [7, 11) is -2.49. The average Bonchev–Trinajstić information content (AvgIpc) is 2.98. The van der Waals surface area contributed by atoms with Crippen molar-refractivity contribution in [3.8, 4) is 0 Å². The van der Waals surface area contributed by atoms with Crippen molar-refractivity contribution < 1.29 is 22.7 Å². The summed E-state index contributed by atoms with van der Waals surface area (Å²) in [6.45, 7) is 0.128.